The van der Waals surface area contributed by atoms with E-state index < -0.39 is 0 Å². The Morgan fingerprint density at radius 2 is 2.19 bits per heavy atom. The summed E-state index contributed by atoms with van der Waals surface area (Å²) < 4.78 is 0. The monoisotopic (exact) mass is 237 g/mol. The van der Waals surface area contributed by atoms with E-state index in [1.807, 2.05) is 4.90 Å². The predicted octanol–water partition coefficient (Wildman–Crippen LogP) is 2.43. The quantitative estimate of drug-likeness (QED) is 0.687. The van der Waals surface area contributed by atoms with Crippen LogP contribution in [0.2, 0.25) is 0 Å². The third kappa shape index (κ3) is 2.07. The maximum Gasteiger partial charge on any atom is 0.237 e. The first-order valence-electron chi connectivity index (χ1n) is 5.54. The SMILES string of the molecule is Cc1cc(C)c2c(c1)CN(C(=O)CCl)CC2. The minimum absolute atomic E-state index is 0.0338. The van der Waals surface area contributed by atoms with Gasteiger partial charge in [0.15, 0.2) is 0 Å². The summed E-state index contributed by atoms with van der Waals surface area (Å²) in [6.45, 7) is 5.74. The molecule has 1 aliphatic heterocycles. The fraction of sp³-hybridized carbons (Fsp3) is 0.462. The second-order valence-corrected chi connectivity index (χ2v) is 4.69. The zero-order valence-corrected chi connectivity index (χ0v) is 10.5. The summed E-state index contributed by atoms with van der Waals surface area (Å²) in [4.78, 5) is 13.4. The molecular weight excluding hydrogens is 222 g/mol. The van der Waals surface area contributed by atoms with Gasteiger partial charge in [0.25, 0.3) is 0 Å². The summed E-state index contributed by atoms with van der Waals surface area (Å²) in [5.41, 5.74) is 5.29. The number of hydrogen-bond donors (Lipinski definition) is 0. The van der Waals surface area contributed by atoms with Gasteiger partial charge in [-0.15, -0.1) is 11.6 Å². The van der Waals surface area contributed by atoms with Crippen LogP contribution in [0, 0.1) is 13.8 Å². The fourth-order valence-electron chi connectivity index (χ4n) is 2.41. The average Bonchev–Trinajstić information content (AvgIpc) is 2.27. The number of alkyl halides is 1. The molecule has 2 nitrogen and oxygen atoms in total. The van der Waals surface area contributed by atoms with Crippen LogP contribution in [0.5, 0.6) is 0 Å². The Kier molecular flexibility index (Phi) is 3.20. The van der Waals surface area contributed by atoms with Crippen molar-refractivity contribution < 1.29 is 4.79 Å². The maximum absolute atomic E-state index is 11.5. The van der Waals surface area contributed by atoms with Gasteiger partial charge in [0.1, 0.15) is 5.88 Å². The molecule has 86 valence electrons. The molecule has 0 spiro atoms. The molecule has 0 fully saturated rings. The predicted molar refractivity (Wildman–Crippen MR) is 65.8 cm³/mol. The van der Waals surface area contributed by atoms with E-state index in [0.717, 1.165) is 13.0 Å². The van der Waals surface area contributed by atoms with Crippen molar-refractivity contribution in [3.05, 3.63) is 34.4 Å². The Bertz CT molecular complexity index is 428. The van der Waals surface area contributed by atoms with Crippen molar-refractivity contribution >= 4 is 17.5 Å². The number of nitrogens with zero attached hydrogens (tertiary/aromatic N) is 1. The largest absolute Gasteiger partial charge is 0.337 e. The van der Waals surface area contributed by atoms with Gasteiger partial charge in [-0.2, -0.15) is 0 Å². The van der Waals surface area contributed by atoms with E-state index in [-0.39, 0.29) is 11.8 Å². The Morgan fingerprint density at radius 1 is 1.44 bits per heavy atom. The lowest BCUT2D eigenvalue weighted by Gasteiger charge is -2.29. The Hall–Kier alpha value is -1.02. The topological polar surface area (TPSA) is 20.3 Å². The van der Waals surface area contributed by atoms with E-state index in [9.17, 15) is 4.79 Å². The van der Waals surface area contributed by atoms with E-state index in [0.29, 0.717) is 6.54 Å². The van der Waals surface area contributed by atoms with Crippen molar-refractivity contribution in [1.29, 1.82) is 0 Å². The molecule has 0 saturated heterocycles. The highest BCUT2D eigenvalue weighted by Gasteiger charge is 2.21. The van der Waals surface area contributed by atoms with Gasteiger partial charge in [-0.3, -0.25) is 4.79 Å². The number of fused-ring (bicyclic) bond motifs is 1. The lowest BCUT2D eigenvalue weighted by molar-refractivity contribution is -0.129. The zero-order valence-electron chi connectivity index (χ0n) is 9.72. The number of halogens is 1. The van der Waals surface area contributed by atoms with Crippen molar-refractivity contribution in [2.24, 2.45) is 0 Å². The van der Waals surface area contributed by atoms with Crippen molar-refractivity contribution in [2.45, 2.75) is 26.8 Å². The Labute approximate surface area is 101 Å². The number of aryl methyl sites for hydroxylation is 2. The minimum atomic E-state index is 0.0338. The van der Waals surface area contributed by atoms with Crippen molar-refractivity contribution in [3.63, 3.8) is 0 Å². The summed E-state index contributed by atoms with van der Waals surface area (Å²) in [6.07, 6.45) is 0.948. The number of carbonyl (C=O) groups is 1. The van der Waals surface area contributed by atoms with Crippen molar-refractivity contribution in [2.75, 3.05) is 12.4 Å². The normalized spacial score (nSPS) is 14.8. The van der Waals surface area contributed by atoms with Crippen LogP contribution in [0.15, 0.2) is 12.1 Å². The number of rotatable bonds is 1. The molecule has 0 aliphatic carbocycles. The van der Waals surface area contributed by atoms with E-state index in [1.165, 1.54) is 22.3 Å². The van der Waals surface area contributed by atoms with Gasteiger partial charge in [0.2, 0.25) is 5.91 Å². The third-order valence-corrected chi connectivity index (χ3v) is 3.40. The first kappa shape index (κ1) is 11.5. The highest BCUT2D eigenvalue weighted by atomic mass is 35.5. The molecule has 0 atom stereocenters. The van der Waals surface area contributed by atoms with Crippen LogP contribution in [-0.4, -0.2) is 23.2 Å². The van der Waals surface area contributed by atoms with E-state index in [4.69, 9.17) is 11.6 Å². The van der Waals surface area contributed by atoms with Crippen LogP contribution in [0.1, 0.15) is 22.3 Å². The number of amides is 1. The molecule has 0 saturated carbocycles. The highest BCUT2D eigenvalue weighted by Crippen LogP contribution is 2.23. The van der Waals surface area contributed by atoms with Gasteiger partial charge < -0.3 is 4.90 Å². The fourth-order valence-corrected chi connectivity index (χ4v) is 2.58. The molecular formula is C13H16ClNO. The van der Waals surface area contributed by atoms with Gasteiger partial charge in [-0.25, -0.2) is 0 Å². The molecule has 1 aromatic rings. The second-order valence-electron chi connectivity index (χ2n) is 4.42. The molecule has 0 radical (unpaired) electrons. The molecule has 16 heavy (non-hydrogen) atoms. The number of carbonyl (C=O) groups excluding carboxylic acids is 1. The lowest BCUT2D eigenvalue weighted by Crippen LogP contribution is -2.37. The standard InChI is InChI=1S/C13H16ClNO/c1-9-5-10(2)12-3-4-15(13(16)7-14)8-11(12)6-9/h5-6H,3-4,7-8H2,1-2H3. The number of hydrogen-bond acceptors (Lipinski definition) is 1. The van der Waals surface area contributed by atoms with Crippen LogP contribution in [-0.2, 0) is 17.8 Å². The molecule has 0 bridgehead atoms. The van der Waals surface area contributed by atoms with E-state index >= 15 is 0 Å². The smallest absolute Gasteiger partial charge is 0.237 e. The molecule has 0 N–H and O–H groups in total. The molecule has 1 aromatic carbocycles. The molecule has 1 amide bonds. The lowest BCUT2D eigenvalue weighted by atomic mass is 9.93. The Balaban J connectivity index is 2.30. The van der Waals surface area contributed by atoms with E-state index in [2.05, 4.69) is 26.0 Å². The summed E-state index contributed by atoms with van der Waals surface area (Å²) >= 11 is 5.58. The van der Waals surface area contributed by atoms with Crippen molar-refractivity contribution in [1.82, 2.24) is 4.90 Å². The molecule has 0 aromatic heterocycles. The van der Waals surface area contributed by atoms with Crippen LogP contribution in [0.3, 0.4) is 0 Å². The first-order chi connectivity index (χ1) is 7.61. The molecule has 3 heteroatoms. The van der Waals surface area contributed by atoms with Gasteiger partial charge >= 0.3 is 0 Å². The van der Waals surface area contributed by atoms with Crippen LogP contribution >= 0.6 is 11.6 Å². The van der Waals surface area contributed by atoms with E-state index in [1.54, 1.807) is 0 Å². The van der Waals surface area contributed by atoms with Gasteiger partial charge in [-0.05, 0) is 37.0 Å². The average molecular weight is 238 g/mol. The molecule has 1 aliphatic rings. The first-order valence-corrected chi connectivity index (χ1v) is 6.08. The zero-order chi connectivity index (χ0) is 11.7. The Morgan fingerprint density at radius 3 is 2.88 bits per heavy atom. The third-order valence-electron chi connectivity index (χ3n) is 3.17. The van der Waals surface area contributed by atoms with Gasteiger partial charge in [0.05, 0.1) is 0 Å². The summed E-state index contributed by atoms with van der Waals surface area (Å²) in [5, 5.41) is 0. The second kappa shape index (κ2) is 4.46. The summed E-state index contributed by atoms with van der Waals surface area (Å²) in [5.74, 6) is 0.117. The van der Waals surface area contributed by atoms with Crippen LogP contribution in [0.25, 0.3) is 0 Å². The van der Waals surface area contributed by atoms with Crippen molar-refractivity contribution in [3.8, 4) is 0 Å². The summed E-state index contributed by atoms with van der Waals surface area (Å²) in [7, 11) is 0. The minimum Gasteiger partial charge on any atom is -0.337 e. The number of benzene rings is 1. The molecule has 1 heterocycles. The van der Waals surface area contributed by atoms with Crippen LogP contribution < -0.4 is 0 Å². The van der Waals surface area contributed by atoms with Gasteiger partial charge in [0, 0.05) is 13.1 Å². The molecule has 0 unspecified atom stereocenters. The molecule has 2 rings (SSSR count). The van der Waals surface area contributed by atoms with Gasteiger partial charge in [-0.1, -0.05) is 17.7 Å². The maximum atomic E-state index is 11.5. The summed E-state index contributed by atoms with van der Waals surface area (Å²) in [6, 6.07) is 4.38. The highest BCUT2D eigenvalue weighted by molar-refractivity contribution is 6.27. The van der Waals surface area contributed by atoms with Crippen LogP contribution in [0.4, 0.5) is 0 Å².